The van der Waals surface area contributed by atoms with Gasteiger partial charge in [-0.25, -0.2) is 0 Å². The average Bonchev–Trinajstić information content (AvgIpc) is 2.91. The molecular weight excluding hydrogens is 216 g/mol. The van der Waals surface area contributed by atoms with Crippen LogP contribution in [-0.4, -0.2) is 13.1 Å². The van der Waals surface area contributed by atoms with Gasteiger partial charge < -0.3 is 9.15 Å². The first-order valence-electron chi connectivity index (χ1n) is 5.44. The normalized spacial score (nSPS) is 12.1. The molecule has 1 aromatic carbocycles. The van der Waals surface area contributed by atoms with Crippen LogP contribution < -0.4 is 0 Å². The van der Waals surface area contributed by atoms with E-state index in [1.165, 1.54) is 7.11 Å². The van der Waals surface area contributed by atoms with E-state index in [1.807, 2.05) is 43.3 Å². The van der Waals surface area contributed by atoms with Crippen molar-refractivity contribution in [3.8, 4) is 11.3 Å². The van der Waals surface area contributed by atoms with E-state index in [4.69, 9.17) is 9.15 Å². The Kier molecular flexibility index (Phi) is 3.28. The number of esters is 1. The van der Waals surface area contributed by atoms with Gasteiger partial charge in [0.25, 0.3) is 0 Å². The maximum absolute atomic E-state index is 11.4. The van der Waals surface area contributed by atoms with Gasteiger partial charge in [0.1, 0.15) is 5.76 Å². The van der Waals surface area contributed by atoms with Crippen LogP contribution in [0.4, 0.5) is 0 Å². The van der Waals surface area contributed by atoms with E-state index in [9.17, 15) is 4.79 Å². The van der Waals surface area contributed by atoms with E-state index >= 15 is 0 Å². The first-order valence-corrected chi connectivity index (χ1v) is 5.44. The van der Waals surface area contributed by atoms with Gasteiger partial charge >= 0.3 is 5.97 Å². The lowest BCUT2D eigenvalue weighted by molar-refractivity contribution is -0.141. The second-order valence-corrected chi connectivity index (χ2v) is 3.84. The number of carbonyl (C=O) groups is 1. The molecule has 0 aliphatic rings. The van der Waals surface area contributed by atoms with Gasteiger partial charge in [0.05, 0.1) is 19.3 Å². The second-order valence-electron chi connectivity index (χ2n) is 3.84. The number of benzene rings is 1. The number of furan rings is 1. The molecule has 0 saturated heterocycles. The lowest BCUT2D eigenvalue weighted by atomic mass is 9.99. The van der Waals surface area contributed by atoms with Crippen molar-refractivity contribution in [1.82, 2.24) is 0 Å². The zero-order valence-corrected chi connectivity index (χ0v) is 9.84. The van der Waals surface area contributed by atoms with E-state index in [2.05, 4.69) is 0 Å². The van der Waals surface area contributed by atoms with Gasteiger partial charge in [-0.05, 0) is 24.6 Å². The molecule has 1 atom stereocenters. The molecule has 0 amide bonds. The van der Waals surface area contributed by atoms with Crippen LogP contribution in [0.3, 0.4) is 0 Å². The summed E-state index contributed by atoms with van der Waals surface area (Å²) in [6.07, 6.45) is 1.64. The highest BCUT2D eigenvalue weighted by Gasteiger charge is 2.15. The van der Waals surface area contributed by atoms with Crippen LogP contribution in [0.5, 0.6) is 0 Å². The molecule has 1 aromatic heterocycles. The van der Waals surface area contributed by atoms with Gasteiger partial charge in [0.15, 0.2) is 0 Å². The minimum atomic E-state index is -0.245. The number of hydrogen-bond donors (Lipinski definition) is 0. The number of ether oxygens (including phenoxy) is 1. The predicted molar refractivity (Wildman–Crippen MR) is 64.6 cm³/mol. The van der Waals surface area contributed by atoms with Crippen LogP contribution in [-0.2, 0) is 9.53 Å². The lowest BCUT2D eigenvalue weighted by Gasteiger charge is -2.09. The number of carbonyl (C=O) groups excluding carboxylic acids is 1. The molecule has 0 saturated carbocycles. The number of hydrogen-bond acceptors (Lipinski definition) is 3. The van der Waals surface area contributed by atoms with Crippen molar-refractivity contribution in [2.45, 2.75) is 12.8 Å². The summed E-state index contributed by atoms with van der Waals surface area (Å²) in [5.74, 6) is 0.351. The third-order valence-corrected chi connectivity index (χ3v) is 2.77. The number of rotatable bonds is 3. The molecule has 0 radical (unpaired) electrons. The molecule has 0 aliphatic carbocycles. The maximum atomic E-state index is 11.4. The highest BCUT2D eigenvalue weighted by atomic mass is 16.5. The Balaban J connectivity index is 2.21. The maximum Gasteiger partial charge on any atom is 0.312 e. The molecule has 1 unspecified atom stereocenters. The Morgan fingerprint density at radius 1 is 1.24 bits per heavy atom. The Bertz CT molecular complexity index is 483. The van der Waals surface area contributed by atoms with Gasteiger partial charge in [0.2, 0.25) is 0 Å². The van der Waals surface area contributed by atoms with Crippen molar-refractivity contribution < 1.29 is 13.9 Å². The Hall–Kier alpha value is -2.03. The molecule has 0 fully saturated rings. The van der Waals surface area contributed by atoms with Crippen LogP contribution in [0.2, 0.25) is 0 Å². The number of methoxy groups -OCH3 is 1. The van der Waals surface area contributed by atoms with Crippen molar-refractivity contribution >= 4 is 5.97 Å². The van der Waals surface area contributed by atoms with Gasteiger partial charge in [-0.15, -0.1) is 0 Å². The standard InChI is InChI=1S/C14H14O3/c1-10(14(15)16-2)11-5-7-12(8-6-11)13-4-3-9-17-13/h3-10H,1-2H3. The summed E-state index contributed by atoms with van der Waals surface area (Å²) in [6, 6.07) is 11.5. The lowest BCUT2D eigenvalue weighted by Crippen LogP contribution is -2.10. The molecule has 0 aliphatic heterocycles. The second kappa shape index (κ2) is 4.87. The van der Waals surface area contributed by atoms with Crippen molar-refractivity contribution in [2.24, 2.45) is 0 Å². The van der Waals surface area contributed by atoms with Crippen molar-refractivity contribution in [1.29, 1.82) is 0 Å². The molecule has 3 nitrogen and oxygen atoms in total. The molecule has 3 heteroatoms. The minimum Gasteiger partial charge on any atom is -0.469 e. The van der Waals surface area contributed by atoms with Crippen molar-refractivity contribution in [3.63, 3.8) is 0 Å². The SMILES string of the molecule is COC(=O)C(C)c1ccc(-c2ccco2)cc1. The summed E-state index contributed by atoms with van der Waals surface area (Å²) >= 11 is 0. The van der Waals surface area contributed by atoms with E-state index < -0.39 is 0 Å². The molecule has 2 aromatic rings. The predicted octanol–water partition coefficient (Wildman–Crippen LogP) is 3.22. The summed E-state index contributed by atoms with van der Waals surface area (Å²) < 4.78 is 10.0. The fourth-order valence-corrected chi connectivity index (χ4v) is 1.69. The summed E-state index contributed by atoms with van der Waals surface area (Å²) in [6.45, 7) is 1.83. The summed E-state index contributed by atoms with van der Waals surface area (Å²) in [5.41, 5.74) is 1.93. The van der Waals surface area contributed by atoms with Gasteiger partial charge in [-0.3, -0.25) is 4.79 Å². The zero-order valence-electron chi connectivity index (χ0n) is 9.84. The molecule has 0 bridgehead atoms. The summed E-state index contributed by atoms with van der Waals surface area (Å²) in [4.78, 5) is 11.4. The third kappa shape index (κ3) is 2.38. The molecular formula is C14H14O3. The minimum absolute atomic E-state index is 0.226. The summed E-state index contributed by atoms with van der Waals surface area (Å²) in [7, 11) is 1.40. The molecule has 0 N–H and O–H groups in total. The van der Waals surface area contributed by atoms with E-state index in [0.29, 0.717) is 0 Å². The topological polar surface area (TPSA) is 39.4 Å². The fraction of sp³-hybridized carbons (Fsp3) is 0.214. The van der Waals surface area contributed by atoms with Gasteiger partial charge in [-0.1, -0.05) is 24.3 Å². The summed E-state index contributed by atoms with van der Waals surface area (Å²) in [5, 5.41) is 0. The average molecular weight is 230 g/mol. The molecule has 0 spiro atoms. The van der Waals surface area contributed by atoms with Crippen LogP contribution in [0.1, 0.15) is 18.4 Å². The van der Waals surface area contributed by atoms with E-state index in [0.717, 1.165) is 16.9 Å². The van der Waals surface area contributed by atoms with Crippen LogP contribution in [0.25, 0.3) is 11.3 Å². The zero-order chi connectivity index (χ0) is 12.3. The molecule has 88 valence electrons. The quantitative estimate of drug-likeness (QED) is 0.760. The molecule has 1 heterocycles. The molecule has 17 heavy (non-hydrogen) atoms. The van der Waals surface area contributed by atoms with Gasteiger partial charge in [-0.2, -0.15) is 0 Å². The first kappa shape index (κ1) is 11.5. The first-order chi connectivity index (χ1) is 8.22. The van der Waals surface area contributed by atoms with Crippen LogP contribution >= 0.6 is 0 Å². The third-order valence-electron chi connectivity index (χ3n) is 2.77. The Labute approximate surface area is 100 Å². The van der Waals surface area contributed by atoms with E-state index in [1.54, 1.807) is 6.26 Å². The monoisotopic (exact) mass is 230 g/mol. The van der Waals surface area contributed by atoms with Crippen molar-refractivity contribution in [3.05, 3.63) is 48.2 Å². The highest BCUT2D eigenvalue weighted by Crippen LogP contribution is 2.23. The van der Waals surface area contributed by atoms with E-state index in [-0.39, 0.29) is 11.9 Å². The molecule has 2 rings (SSSR count). The Morgan fingerprint density at radius 3 is 2.47 bits per heavy atom. The van der Waals surface area contributed by atoms with Crippen molar-refractivity contribution in [2.75, 3.05) is 7.11 Å². The Morgan fingerprint density at radius 2 is 1.94 bits per heavy atom. The van der Waals surface area contributed by atoms with Crippen LogP contribution in [0.15, 0.2) is 47.1 Å². The smallest absolute Gasteiger partial charge is 0.312 e. The van der Waals surface area contributed by atoms with Crippen LogP contribution in [0, 0.1) is 0 Å². The largest absolute Gasteiger partial charge is 0.469 e. The highest BCUT2D eigenvalue weighted by molar-refractivity contribution is 5.77. The van der Waals surface area contributed by atoms with Gasteiger partial charge in [0, 0.05) is 5.56 Å². The fourth-order valence-electron chi connectivity index (χ4n) is 1.69.